The number of aliphatic imine (C=N–C) groups is 1. The Hall–Kier alpha value is -0.850. The van der Waals surface area contributed by atoms with E-state index in [9.17, 15) is 10.2 Å². The van der Waals surface area contributed by atoms with Crippen molar-refractivity contribution in [2.75, 3.05) is 13.2 Å². The van der Waals surface area contributed by atoms with Crippen LogP contribution in [0, 0.1) is 5.92 Å². The van der Waals surface area contributed by atoms with E-state index in [2.05, 4.69) is 10.3 Å². The van der Waals surface area contributed by atoms with E-state index in [0.717, 1.165) is 0 Å². The zero-order valence-electron chi connectivity index (χ0n) is 9.21. The summed E-state index contributed by atoms with van der Waals surface area (Å²) in [6, 6.07) is 0.0884. The summed E-state index contributed by atoms with van der Waals surface area (Å²) >= 11 is 0. The van der Waals surface area contributed by atoms with Gasteiger partial charge < -0.3 is 25.4 Å². The number of amidine groups is 1. The van der Waals surface area contributed by atoms with E-state index in [-0.39, 0.29) is 24.7 Å². The SMILES string of the molecule is CCN=C1NC2C(CC(CO)C(O)C2O)O1. The van der Waals surface area contributed by atoms with Crippen LogP contribution in [0.25, 0.3) is 0 Å². The molecule has 1 aliphatic heterocycles. The topological polar surface area (TPSA) is 94.3 Å². The minimum Gasteiger partial charge on any atom is -0.460 e. The second-order valence-electron chi connectivity index (χ2n) is 4.27. The van der Waals surface area contributed by atoms with Gasteiger partial charge in [-0.25, -0.2) is 4.99 Å². The van der Waals surface area contributed by atoms with Crippen LogP contribution in [0.4, 0.5) is 0 Å². The van der Waals surface area contributed by atoms with Gasteiger partial charge in [-0.3, -0.25) is 0 Å². The van der Waals surface area contributed by atoms with Gasteiger partial charge >= 0.3 is 0 Å². The average molecular weight is 230 g/mol. The zero-order chi connectivity index (χ0) is 11.7. The maximum Gasteiger partial charge on any atom is 0.285 e. The summed E-state index contributed by atoms with van der Waals surface area (Å²) in [6.07, 6.45) is -1.54. The highest BCUT2D eigenvalue weighted by Crippen LogP contribution is 2.30. The van der Waals surface area contributed by atoms with E-state index in [1.54, 1.807) is 0 Å². The maximum absolute atomic E-state index is 9.88. The first kappa shape index (κ1) is 11.6. The molecule has 5 atom stereocenters. The molecule has 0 aromatic carbocycles. The van der Waals surface area contributed by atoms with Crippen LogP contribution in [0.2, 0.25) is 0 Å². The van der Waals surface area contributed by atoms with E-state index in [1.165, 1.54) is 0 Å². The van der Waals surface area contributed by atoms with Crippen LogP contribution in [0.1, 0.15) is 13.3 Å². The van der Waals surface area contributed by atoms with E-state index >= 15 is 0 Å². The smallest absolute Gasteiger partial charge is 0.285 e. The number of nitrogens with zero attached hydrogens (tertiary/aromatic N) is 1. The van der Waals surface area contributed by atoms with E-state index in [1.807, 2.05) is 6.92 Å². The molecule has 92 valence electrons. The Bertz CT molecular complexity index is 284. The average Bonchev–Trinajstić information content (AvgIpc) is 2.67. The number of hydrogen-bond acceptors (Lipinski definition) is 5. The summed E-state index contributed by atoms with van der Waals surface area (Å²) in [6.45, 7) is 2.34. The minimum absolute atomic E-state index is 0.148. The largest absolute Gasteiger partial charge is 0.460 e. The predicted octanol–water partition coefficient (Wildman–Crippen LogP) is -1.55. The van der Waals surface area contributed by atoms with Gasteiger partial charge in [-0.15, -0.1) is 0 Å². The lowest BCUT2D eigenvalue weighted by Gasteiger charge is -2.37. The van der Waals surface area contributed by atoms with Crippen LogP contribution in [-0.4, -0.2) is 58.8 Å². The summed E-state index contributed by atoms with van der Waals surface area (Å²) in [5.41, 5.74) is 0. The van der Waals surface area contributed by atoms with Crippen LogP contribution >= 0.6 is 0 Å². The molecule has 2 rings (SSSR count). The Kier molecular flexibility index (Phi) is 3.32. The van der Waals surface area contributed by atoms with Crippen molar-refractivity contribution in [3.63, 3.8) is 0 Å². The highest BCUT2D eigenvalue weighted by molar-refractivity contribution is 5.76. The minimum atomic E-state index is -0.930. The molecule has 4 N–H and O–H groups in total. The number of nitrogens with one attached hydrogen (secondary N) is 1. The van der Waals surface area contributed by atoms with Crippen molar-refractivity contribution in [2.24, 2.45) is 10.9 Å². The van der Waals surface area contributed by atoms with E-state index < -0.39 is 12.2 Å². The number of hydrogen-bond donors (Lipinski definition) is 4. The molecule has 0 radical (unpaired) electrons. The van der Waals surface area contributed by atoms with E-state index in [4.69, 9.17) is 9.84 Å². The molecule has 1 aliphatic carbocycles. The second kappa shape index (κ2) is 4.57. The van der Waals surface area contributed by atoms with Crippen molar-refractivity contribution >= 4 is 6.02 Å². The van der Waals surface area contributed by atoms with Crippen LogP contribution in [0.5, 0.6) is 0 Å². The van der Waals surface area contributed by atoms with Gasteiger partial charge in [0, 0.05) is 19.1 Å². The van der Waals surface area contributed by atoms with Gasteiger partial charge in [-0.1, -0.05) is 0 Å². The number of aliphatic hydroxyl groups is 3. The van der Waals surface area contributed by atoms with Crippen molar-refractivity contribution in [2.45, 2.75) is 37.7 Å². The van der Waals surface area contributed by atoms with Crippen LogP contribution < -0.4 is 5.32 Å². The molecule has 1 saturated heterocycles. The maximum atomic E-state index is 9.88. The molecule has 1 heterocycles. The lowest BCUT2D eigenvalue weighted by Crippen LogP contribution is -2.56. The molecule has 0 amide bonds. The Balaban J connectivity index is 2.10. The lowest BCUT2D eigenvalue weighted by molar-refractivity contribution is -0.0948. The first-order valence-corrected chi connectivity index (χ1v) is 5.62. The monoisotopic (exact) mass is 230 g/mol. The molecule has 0 spiro atoms. The van der Waals surface area contributed by atoms with Gasteiger partial charge in [-0.05, 0) is 13.3 Å². The fourth-order valence-corrected chi connectivity index (χ4v) is 2.32. The van der Waals surface area contributed by atoms with Gasteiger partial charge in [0.2, 0.25) is 0 Å². The third-order valence-corrected chi connectivity index (χ3v) is 3.23. The summed E-state index contributed by atoms with van der Waals surface area (Å²) in [7, 11) is 0. The predicted molar refractivity (Wildman–Crippen MR) is 57.0 cm³/mol. The molecule has 2 fully saturated rings. The molecule has 1 saturated carbocycles. The molecular weight excluding hydrogens is 212 g/mol. The van der Waals surface area contributed by atoms with E-state index in [0.29, 0.717) is 19.0 Å². The van der Waals surface area contributed by atoms with Gasteiger partial charge in [0.05, 0.1) is 12.1 Å². The molecule has 16 heavy (non-hydrogen) atoms. The van der Waals surface area contributed by atoms with Crippen molar-refractivity contribution in [1.29, 1.82) is 0 Å². The number of aliphatic hydroxyl groups excluding tert-OH is 3. The van der Waals surface area contributed by atoms with Gasteiger partial charge in [0.1, 0.15) is 12.2 Å². The summed E-state index contributed by atoms with van der Waals surface area (Å²) in [5, 5.41) is 31.7. The standard InChI is InChI=1S/C10H18N2O4/c1-2-11-10-12-7-6(16-10)3-5(4-13)8(14)9(7)15/h5-9,13-15H,2-4H2,1H3,(H,11,12). The Morgan fingerprint density at radius 1 is 1.44 bits per heavy atom. The summed E-state index contributed by atoms with van der Waals surface area (Å²) < 4.78 is 5.51. The summed E-state index contributed by atoms with van der Waals surface area (Å²) in [5.74, 6) is -0.334. The highest BCUT2D eigenvalue weighted by atomic mass is 16.5. The third kappa shape index (κ3) is 1.88. The quantitative estimate of drug-likeness (QED) is 0.461. The van der Waals surface area contributed by atoms with Gasteiger partial charge in [0.15, 0.2) is 0 Å². The number of fused-ring (bicyclic) bond motifs is 1. The fourth-order valence-electron chi connectivity index (χ4n) is 2.32. The molecule has 0 aromatic rings. The number of rotatable bonds is 2. The lowest BCUT2D eigenvalue weighted by atomic mass is 9.80. The molecular formula is C10H18N2O4. The molecule has 5 unspecified atom stereocenters. The molecule has 6 nitrogen and oxygen atoms in total. The van der Waals surface area contributed by atoms with Crippen molar-refractivity contribution < 1.29 is 20.1 Å². The van der Waals surface area contributed by atoms with Gasteiger partial charge in [0.25, 0.3) is 6.02 Å². The van der Waals surface area contributed by atoms with Crippen molar-refractivity contribution in [3.8, 4) is 0 Å². The molecule has 0 bridgehead atoms. The van der Waals surface area contributed by atoms with Gasteiger partial charge in [-0.2, -0.15) is 0 Å². The molecule has 2 aliphatic rings. The fraction of sp³-hybridized carbons (Fsp3) is 0.900. The zero-order valence-corrected chi connectivity index (χ0v) is 9.21. The second-order valence-corrected chi connectivity index (χ2v) is 4.27. The van der Waals surface area contributed by atoms with Crippen molar-refractivity contribution in [3.05, 3.63) is 0 Å². The first-order valence-electron chi connectivity index (χ1n) is 5.62. The van der Waals surface area contributed by atoms with Crippen LogP contribution in [0.3, 0.4) is 0 Å². The third-order valence-electron chi connectivity index (χ3n) is 3.23. The Morgan fingerprint density at radius 2 is 2.19 bits per heavy atom. The first-order chi connectivity index (χ1) is 7.67. The van der Waals surface area contributed by atoms with Crippen molar-refractivity contribution in [1.82, 2.24) is 5.32 Å². The molecule has 0 aromatic heterocycles. The summed E-state index contributed by atoms with van der Waals surface area (Å²) in [4.78, 5) is 4.09. The molecule has 6 heteroatoms. The Labute approximate surface area is 94.0 Å². The highest BCUT2D eigenvalue weighted by Gasteiger charge is 2.48. The Morgan fingerprint density at radius 3 is 2.81 bits per heavy atom. The normalized spacial score (nSPS) is 45.0. The van der Waals surface area contributed by atoms with Crippen LogP contribution in [-0.2, 0) is 4.74 Å². The number of ether oxygens (including phenoxy) is 1. The van der Waals surface area contributed by atoms with Crippen LogP contribution in [0.15, 0.2) is 4.99 Å².